The molecule has 0 aliphatic heterocycles. The van der Waals surface area contributed by atoms with E-state index in [-0.39, 0.29) is 5.56 Å². The summed E-state index contributed by atoms with van der Waals surface area (Å²) < 4.78 is 5.68. The van der Waals surface area contributed by atoms with Crippen molar-refractivity contribution < 1.29 is 4.42 Å². The van der Waals surface area contributed by atoms with Crippen LogP contribution in [-0.2, 0) is 0 Å². The number of nitrogens with one attached hydrogen (secondary N) is 2. The van der Waals surface area contributed by atoms with E-state index in [1.807, 2.05) is 12.1 Å². The van der Waals surface area contributed by atoms with Crippen LogP contribution in [0.15, 0.2) is 32.5 Å². The summed E-state index contributed by atoms with van der Waals surface area (Å²) in [5.41, 5.74) is 3.10. The van der Waals surface area contributed by atoms with Gasteiger partial charge in [0.15, 0.2) is 0 Å². The first-order valence-corrected chi connectivity index (χ1v) is 6.58. The summed E-state index contributed by atoms with van der Waals surface area (Å²) in [6, 6.07) is 5.30. The van der Waals surface area contributed by atoms with Gasteiger partial charge in [-0.3, -0.25) is 9.78 Å². The number of furan rings is 1. The second kappa shape index (κ2) is 4.96. The molecule has 2 aromatic rings. The molecule has 0 saturated heterocycles. The van der Waals surface area contributed by atoms with E-state index in [1.54, 1.807) is 13.1 Å². The Balaban J connectivity index is 1.65. The molecule has 3 rings (SSSR count). The molecule has 1 saturated carbocycles. The molecule has 2 N–H and O–H groups in total. The molecule has 20 heavy (non-hydrogen) atoms. The SMILES string of the molecule is Cc1cc(=O)[nH]c(N/N=C\c2ccc([C@H]3C[C@@H]3C)o2)n1. The van der Waals surface area contributed by atoms with Crippen LogP contribution in [-0.4, -0.2) is 16.2 Å². The average molecular weight is 272 g/mol. The van der Waals surface area contributed by atoms with Crippen molar-refractivity contribution >= 4 is 12.2 Å². The lowest BCUT2D eigenvalue weighted by Crippen LogP contribution is -2.10. The molecule has 0 unspecified atom stereocenters. The van der Waals surface area contributed by atoms with Crippen LogP contribution in [0.5, 0.6) is 0 Å². The molecule has 2 aromatic heterocycles. The molecule has 104 valence electrons. The van der Waals surface area contributed by atoms with Gasteiger partial charge in [-0.05, 0) is 31.4 Å². The number of aromatic nitrogens is 2. The maximum absolute atomic E-state index is 11.3. The van der Waals surface area contributed by atoms with E-state index in [9.17, 15) is 4.79 Å². The Morgan fingerprint density at radius 1 is 1.55 bits per heavy atom. The lowest BCUT2D eigenvalue weighted by atomic mass is 10.3. The van der Waals surface area contributed by atoms with Crippen LogP contribution in [0.1, 0.15) is 36.5 Å². The van der Waals surface area contributed by atoms with E-state index in [4.69, 9.17) is 4.42 Å². The molecule has 2 atom stereocenters. The number of rotatable bonds is 4. The summed E-state index contributed by atoms with van der Waals surface area (Å²) in [5.74, 6) is 3.28. The Morgan fingerprint density at radius 3 is 3.05 bits per heavy atom. The molecule has 1 aliphatic rings. The van der Waals surface area contributed by atoms with Gasteiger partial charge in [-0.1, -0.05) is 6.92 Å². The fourth-order valence-corrected chi connectivity index (χ4v) is 2.14. The second-order valence-electron chi connectivity index (χ2n) is 5.16. The maximum atomic E-state index is 11.3. The minimum Gasteiger partial charge on any atom is -0.460 e. The van der Waals surface area contributed by atoms with Crippen molar-refractivity contribution in [3.05, 3.63) is 45.8 Å². The molecule has 0 bridgehead atoms. The third-order valence-corrected chi connectivity index (χ3v) is 3.35. The van der Waals surface area contributed by atoms with E-state index in [0.717, 1.165) is 5.76 Å². The van der Waals surface area contributed by atoms with Gasteiger partial charge >= 0.3 is 0 Å². The van der Waals surface area contributed by atoms with E-state index in [0.29, 0.717) is 29.2 Å². The van der Waals surface area contributed by atoms with Crippen molar-refractivity contribution in [3.8, 4) is 0 Å². The number of nitrogens with zero attached hydrogens (tertiary/aromatic N) is 2. The minimum absolute atomic E-state index is 0.210. The number of hydrogen-bond acceptors (Lipinski definition) is 5. The quantitative estimate of drug-likeness (QED) is 0.660. The molecule has 0 radical (unpaired) electrons. The number of H-pyrrole nitrogens is 1. The Kier molecular flexibility index (Phi) is 3.14. The standard InChI is InChI=1S/C14H16N4O2/c1-8-5-11(8)12-4-3-10(20-12)7-15-18-14-16-9(2)6-13(19)17-14/h3-4,6-8,11H,5H2,1-2H3,(H2,16,17,18,19)/b15-7-/t8-,11-/m0/s1. The van der Waals surface area contributed by atoms with Crippen molar-refractivity contribution in [1.82, 2.24) is 9.97 Å². The molecular formula is C14H16N4O2. The van der Waals surface area contributed by atoms with Crippen LogP contribution in [0.4, 0.5) is 5.95 Å². The average Bonchev–Trinajstić information content (AvgIpc) is 2.92. The van der Waals surface area contributed by atoms with Crippen LogP contribution in [0, 0.1) is 12.8 Å². The van der Waals surface area contributed by atoms with Crippen LogP contribution < -0.4 is 11.0 Å². The van der Waals surface area contributed by atoms with Crippen molar-refractivity contribution in [2.24, 2.45) is 11.0 Å². The first-order valence-electron chi connectivity index (χ1n) is 6.58. The highest BCUT2D eigenvalue weighted by Crippen LogP contribution is 2.47. The van der Waals surface area contributed by atoms with Gasteiger partial charge in [-0.2, -0.15) is 5.10 Å². The van der Waals surface area contributed by atoms with Crippen LogP contribution in [0.3, 0.4) is 0 Å². The smallest absolute Gasteiger partial charge is 0.252 e. The summed E-state index contributed by atoms with van der Waals surface area (Å²) in [5, 5.41) is 4.00. The van der Waals surface area contributed by atoms with Gasteiger partial charge in [0.2, 0.25) is 5.95 Å². The number of hydrogen-bond donors (Lipinski definition) is 2. The van der Waals surface area contributed by atoms with Gasteiger partial charge in [0.25, 0.3) is 5.56 Å². The number of anilines is 1. The van der Waals surface area contributed by atoms with Crippen molar-refractivity contribution in [2.45, 2.75) is 26.2 Å². The van der Waals surface area contributed by atoms with Crippen LogP contribution in [0.25, 0.3) is 0 Å². The molecule has 1 fully saturated rings. The van der Waals surface area contributed by atoms with Gasteiger partial charge in [-0.25, -0.2) is 10.4 Å². The summed E-state index contributed by atoms with van der Waals surface area (Å²) in [6.07, 6.45) is 2.76. The molecule has 6 nitrogen and oxygen atoms in total. The van der Waals surface area contributed by atoms with Gasteiger partial charge in [0.1, 0.15) is 11.5 Å². The summed E-state index contributed by atoms with van der Waals surface area (Å²) >= 11 is 0. The van der Waals surface area contributed by atoms with E-state index < -0.39 is 0 Å². The van der Waals surface area contributed by atoms with Gasteiger partial charge < -0.3 is 4.42 Å². The molecule has 0 amide bonds. The zero-order chi connectivity index (χ0) is 14.1. The molecule has 1 aliphatic carbocycles. The largest absolute Gasteiger partial charge is 0.460 e. The Hall–Kier alpha value is -2.37. The lowest BCUT2D eigenvalue weighted by Gasteiger charge is -1.98. The van der Waals surface area contributed by atoms with Gasteiger partial charge in [0, 0.05) is 17.7 Å². The first kappa shape index (κ1) is 12.7. The first-order chi connectivity index (χ1) is 9.61. The fourth-order valence-electron chi connectivity index (χ4n) is 2.14. The predicted octanol–water partition coefficient (Wildman–Crippen LogP) is 2.24. The molecule has 2 heterocycles. The molecule has 0 spiro atoms. The highest BCUT2D eigenvalue weighted by atomic mass is 16.3. The normalized spacial score (nSPS) is 21.3. The monoisotopic (exact) mass is 272 g/mol. The minimum atomic E-state index is -0.210. The maximum Gasteiger partial charge on any atom is 0.252 e. The Morgan fingerprint density at radius 2 is 2.35 bits per heavy atom. The Bertz CT molecular complexity index is 701. The fraction of sp³-hybridized carbons (Fsp3) is 0.357. The third kappa shape index (κ3) is 2.79. The van der Waals surface area contributed by atoms with Crippen molar-refractivity contribution in [3.63, 3.8) is 0 Å². The van der Waals surface area contributed by atoms with E-state index in [2.05, 4.69) is 27.4 Å². The Labute approximate surface area is 115 Å². The molecule has 6 heteroatoms. The van der Waals surface area contributed by atoms with Gasteiger partial charge in [0.05, 0.1) is 6.21 Å². The summed E-state index contributed by atoms with van der Waals surface area (Å²) in [6.45, 7) is 3.96. The lowest BCUT2D eigenvalue weighted by molar-refractivity contribution is 0.500. The van der Waals surface area contributed by atoms with E-state index in [1.165, 1.54) is 12.5 Å². The zero-order valence-electron chi connectivity index (χ0n) is 11.4. The summed E-state index contributed by atoms with van der Waals surface area (Å²) in [4.78, 5) is 17.9. The highest BCUT2D eigenvalue weighted by Gasteiger charge is 2.36. The number of aromatic amines is 1. The van der Waals surface area contributed by atoms with Crippen LogP contribution in [0.2, 0.25) is 0 Å². The van der Waals surface area contributed by atoms with Crippen molar-refractivity contribution in [1.29, 1.82) is 0 Å². The van der Waals surface area contributed by atoms with E-state index >= 15 is 0 Å². The van der Waals surface area contributed by atoms with Crippen LogP contribution >= 0.6 is 0 Å². The second-order valence-corrected chi connectivity index (χ2v) is 5.16. The number of hydrazone groups is 1. The van der Waals surface area contributed by atoms with Gasteiger partial charge in [-0.15, -0.1) is 0 Å². The highest BCUT2D eigenvalue weighted by molar-refractivity contribution is 5.76. The zero-order valence-corrected chi connectivity index (χ0v) is 11.4. The molecule has 0 aromatic carbocycles. The third-order valence-electron chi connectivity index (χ3n) is 3.35. The molecular weight excluding hydrogens is 256 g/mol. The van der Waals surface area contributed by atoms with Crippen molar-refractivity contribution in [2.75, 3.05) is 5.43 Å². The predicted molar refractivity (Wildman–Crippen MR) is 76.0 cm³/mol. The topological polar surface area (TPSA) is 83.3 Å². The number of aryl methyl sites for hydroxylation is 1. The summed E-state index contributed by atoms with van der Waals surface area (Å²) in [7, 11) is 0.